The topological polar surface area (TPSA) is 76.9 Å². The van der Waals surface area contributed by atoms with Gasteiger partial charge in [0.25, 0.3) is 0 Å². The lowest BCUT2D eigenvalue weighted by Gasteiger charge is -2.23. The highest BCUT2D eigenvalue weighted by atomic mass is 32.2. The number of hydrogen-bond acceptors (Lipinski definition) is 5. The summed E-state index contributed by atoms with van der Waals surface area (Å²) in [5.74, 6) is 2.17. The van der Waals surface area contributed by atoms with E-state index in [1.807, 2.05) is 18.4 Å². The Hall–Kier alpha value is -0.950. The molecule has 1 atom stereocenters. The summed E-state index contributed by atoms with van der Waals surface area (Å²) in [6.45, 7) is 5.29. The van der Waals surface area contributed by atoms with E-state index in [9.17, 15) is 8.42 Å². The molecule has 2 heterocycles. The SMILES string of the molecule is CCn1c(C)nnc1CC1CS(=O)(=O)CCN1. The van der Waals surface area contributed by atoms with Crippen molar-refractivity contribution in [3.05, 3.63) is 11.6 Å². The van der Waals surface area contributed by atoms with Crippen LogP contribution in [0.15, 0.2) is 0 Å². The van der Waals surface area contributed by atoms with Gasteiger partial charge in [-0.15, -0.1) is 10.2 Å². The molecule has 1 aromatic heterocycles. The van der Waals surface area contributed by atoms with Gasteiger partial charge in [-0.05, 0) is 13.8 Å². The normalized spacial score (nSPS) is 23.8. The molecule has 1 unspecified atom stereocenters. The summed E-state index contributed by atoms with van der Waals surface area (Å²) in [7, 11) is -2.88. The van der Waals surface area contributed by atoms with E-state index in [1.54, 1.807) is 0 Å². The average Bonchev–Trinajstić information content (AvgIpc) is 2.58. The molecule has 7 heteroatoms. The van der Waals surface area contributed by atoms with E-state index in [0.29, 0.717) is 13.0 Å². The molecular weight excluding hydrogens is 240 g/mol. The molecule has 0 aliphatic carbocycles. The molecule has 1 saturated heterocycles. The van der Waals surface area contributed by atoms with Crippen LogP contribution in [0.25, 0.3) is 0 Å². The van der Waals surface area contributed by atoms with Gasteiger partial charge in [0.15, 0.2) is 9.84 Å². The molecule has 0 aromatic carbocycles. The lowest BCUT2D eigenvalue weighted by atomic mass is 10.2. The number of aromatic nitrogens is 3. The zero-order chi connectivity index (χ0) is 12.5. The Balaban J connectivity index is 2.10. The number of nitrogens with one attached hydrogen (secondary N) is 1. The second-order valence-corrected chi connectivity index (χ2v) is 6.61. The molecule has 6 nitrogen and oxygen atoms in total. The highest BCUT2D eigenvalue weighted by molar-refractivity contribution is 7.91. The van der Waals surface area contributed by atoms with Crippen molar-refractivity contribution in [3.8, 4) is 0 Å². The Labute approximate surface area is 101 Å². The van der Waals surface area contributed by atoms with E-state index in [-0.39, 0.29) is 17.5 Å². The summed E-state index contributed by atoms with van der Waals surface area (Å²) in [6.07, 6.45) is 0.619. The highest BCUT2D eigenvalue weighted by Gasteiger charge is 2.25. The Morgan fingerprint density at radius 3 is 2.88 bits per heavy atom. The van der Waals surface area contributed by atoms with Gasteiger partial charge in [0, 0.05) is 25.6 Å². The van der Waals surface area contributed by atoms with Crippen molar-refractivity contribution in [2.45, 2.75) is 32.9 Å². The molecule has 1 aromatic rings. The minimum Gasteiger partial charge on any atom is -0.315 e. The lowest BCUT2D eigenvalue weighted by Crippen LogP contribution is -2.46. The molecule has 0 saturated carbocycles. The van der Waals surface area contributed by atoms with Crippen molar-refractivity contribution in [1.82, 2.24) is 20.1 Å². The maximum Gasteiger partial charge on any atom is 0.153 e. The monoisotopic (exact) mass is 258 g/mol. The van der Waals surface area contributed by atoms with Crippen LogP contribution in [0.4, 0.5) is 0 Å². The number of nitrogens with zero attached hydrogens (tertiary/aromatic N) is 3. The molecule has 17 heavy (non-hydrogen) atoms. The van der Waals surface area contributed by atoms with Crippen LogP contribution in [0.3, 0.4) is 0 Å². The molecule has 96 valence electrons. The van der Waals surface area contributed by atoms with Crippen LogP contribution >= 0.6 is 0 Å². The first kappa shape index (κ1) is 12.5. The predicted molar refractivity (Wildman–Crippen MR) is 64.6 cm³/mol. The van der Waals surface area contributed by atoms with Crippen LogP contribution in [0, 0.1) is 6.92 Å². The van der Waals surface area contributed by atoms with Crippen molar-refractivity contribution < 1.29 is 8.42 Å². The molecule has 2 rings (SSSR count). The summed E-state index contributed by atoms with van der Waals surface area (Å²) in [5, 5.41) is 11.4. The van der Waals surface area contributed by atoms with E-state index in [2.05, 4.69) is 15.5 Å². The zero-order valence-corrected chi connectivity index (χ0v) is 11.0. The fourth-order valence-electron chi connectivity index (χ4n) is 2.21. The zero-order valence-electron chi connectivity index (χ0n) is 10.2. The summed E-state index contributed by atoms with van der Waals surface area (Å²) in [5.41, 5.74) is 0. The van der Waals surface area contributed by atoms with Crippen LogP contribution in [0.2, 0.25) is 0 Å². The van der Waals surface area contributed by atoms with E-state index >= 15 is 0 Å². The second-order valence-electron chi connectivity index (χ2n) is 4.38. The first-order valence-corrected chi connectivity index (χ1v) is 7.66. The first-order valence-electron chi connectivity index (χ1n) is 5.84. The van der Waals surface area contributed by atoms with Crippen LogP contribution in [-0.2, 0) is 22.8 Å². The van der Waals surface area contributed by atoms with Gasteiger partial charge in [0.2, 0.25) is 0 Å². The average molecular weight is 258 g/mol. The molecule has 1 aliphatic rings. The molecule has 0 radical (unpaired) electrons. The maximum absolute atomic E-state index is 11.5. The Morgan fingerprint density at radius 2 is 2.24 bits per heavy atom. The van der Waals surface area contributed by atoms with Gasteiger partial charge in [0.05, 0.1) is 11.5 Å². The molecule has 0 amide bonds. The minimum absolute atomic E-state index is 0.0392. The molecule has 1 aliphatic heterocycles. The smallest absolute Gasteiger partial charge is 0.153 e. The summed E-state index contributed by atoms with van der Waals surface area (Å²) in [6, 6.07) is -0.0392. The largest absolute Gasteiger partial charge is 0.315 e. The van der Waals surface area contributed by atoms with E-state index in [4.69, 9.17) is 0 Å². The Kier molecular flexibility index (Phi) is 3.48. The lowest BCUT2D eigenvalue weighted by molar-refractivity contribution is 0.499. The van der Waals surface area contributed by atoms with Gasteiger partial charge in [0.1, 0.15) is 11.6 Å². The van der Waals surface area contributed by atoms with Gasteiger partial charge < -0.3 is 9.88 Å². The number of aryl methyl sites for hydroxylation is 1. The van der Waals surface area contributed by atoms with Crippen LogP contribution in [0.5, 0.6) is 0 Å². The van der Waals surface area contributed by atoms with Crippen LogP contribution in [0.1, 0.15) is 18.6 Å². The standard InChI is InChI=1S/C10H18N4O2S/c1-3-14-8(2)12-13-10(14)6-9-7-17(15,16)5-4-11-9/h9,11H,3-7H2,1-2H3. The van der Waals surface area contributed by atoms with Gasteiger partial charge in [-0.2, -0.15) is 0 Å². The third kappa shape index (κ3) is 2.84. The molecular formula is C10H18N4O2S. The Bertz CT molecular complexity index is 494. The molecule has 0 spiro atoms. The van der Waals surface area contributed by atoms with Crippen molar-refractivity contribution >= 4 is 9.84 Å². The highest BCUT2D eigenvalue weighted by Crippen LogP contribution is 2.09. The summed E-state index contributed by atoms with van der Waals surface area (Å²) < 4.78 is 25.1. The van der Waals surface area contributed by atoms with E-state index in [0.717, 1.165) is 18.2 Å². The number of rotatable bonds is 3. The van der Waals surface area contributed by atoms with Crippen LogP contribution in [-0.4, -0.2) is 47.3 Å². The van der Waals surface area contributed by atoms with Gasteiger partial charge in [-0.25, -0.2) is 8.42 Å². The third-order valence-electron chi connectivity index (χ3n) is 3.06. The maximum atomic E-state index is 11.5. The van der Waals surface area contributed by atoms with Crippen molar-refractivity contribution in [3.63, 3.8) is 0 Å². The quantitative estimate of drug-likeness (QED) is 0.793. The van der Waals surface area contributed by atoms with Gasteiger partial charge in [-0.3, -0.25) is 0 Å². The number of hydrogen-bond donors (Lipinski definition) is 1. The summed E-state index contributed by atoms with van der Waals surface area (Å²) in [4.78, 5) is 0. The van der Waals surface area contributed by atoms with Gasteiger partial charge in [-0.1, -0.05) is 0 Å². The molecule has 1 fully saturated rings. The van der Waals surface area contributed by atoms with Gasteiger partial charge >= 0.3 is 0 Å². The van der Waals surface area contributed by atoms with Crippen LogP contribution < -0.4 is 5.32 Å². The fraction of sp³-hybridized carbons (Fsp3) is 0.800. The second kappa shape index (κ2) is 4.73. The third-order valence-corrected chi connectivity index (χ3v) is 4.80. The number of sulfone groups is 1. The van der Waals surface area contributed by atoms with E-state index in [1.165, 1.54) is 0 Å². The van der Waals surface area contributed by atoms with Crippen molar-refractivity contribution in [2.24, 2.45) is 0 Å². The van der Waals surface area contributed by atoms with Crippen molar-refractivity contribution in [1.29, 1.82) is 0 Å². The minimum atomic E-state index is -2.88. The van der Waals surface area contributed by atoms with E-state index < -0.39 is 9.84 Å². The molecule has 0 bridgehead atoms. The summed E-state index contributed by atoms with van der Waals surface area (Å²) >= 11 is 0. The predicted octanol–water partition coefficient (Wildman–Crippen LogP) is -0.464. The van der Waals surface area contributed by atoms with Crippen molar-refractivity contribution in [2.75, 3.05) is 18.1 Å². The Morgan fingerprint density at radius 1 is 1.47 bits per heavy atom. The molecule has 1 N–H and O–H groups in total. The fourth-order valence-corrected chi connectivity index (χ4v) is 3.65. The first-order chi connectivity index (χ1) is 8.02.